The molecule has 254 valence electrons. The topological polar surface area (TPSA) is 84.9 Å². The lowest BCUT2D eigenvalue weighted by molar-refractivity contribution is 0.0226. The van der Waals surface area contributed by atoms with Gasteiger partial charge in [0.05, 0.1) is 12.6 Å². The number of hydrogen-bond donors (Lipinski definition) is 0. The van der Waals surface area contributed by atoms with Crippen LogP contribution in [-0.2, 0) is 22.1 Å². The number of ether oxygens (including phenoxy) is 1. The molecular formula is C36H48ClFN4O4Si. The molecule has 1 fully saturated rings. The van der Waals surface area contributed by atoms with Crippen LogP contribution < -0.4 is 0 Å². The van der Waals surface area contributed by atoms with Crippen molar-refractivity contribution in [1.82, 2.24) is 19.8 Å². The van der Waals surface area contributed by atoms with Crippen LogP contribution in [0.5, 0.6) is 0 Å². The van der Waals surface area contributed by atoms with E-state index in [9.17, 15) is 14.0 Å². The maximum Gasteiger partial charge on any atom is 0.410 e. The van der Waals surface area contributed by atoms with Crippen LogP contribution in [0, 0.1) is 5.95 Å². The van der Waals surface area contributed by atoms with E-state index in [0.29, 0.717) is 29.2 Å². The number of amides is 2. The Labute approximate surface area is 284 Å². The van der Waals surface area contributed by atoms with Gasteiger partial charge < -0.3 is 19.0 Å². The number of carbonyl (C=O) groups is 2. The zero-order valence-electron chi connectivity index (χ0n) is 29.1. The van der Waals surface area contributed by atoms with Crippen LogP contribution in [0.4, 0.5) is 9.18 Å². The Bertz CT molecular complexity index is 1570. The predicted molar refractivity (Wildman–Crippen MR) is 185 cm³/mol. The van der Waals surface area contributed by atoms with Gasteiger partial charge in [-0.25, -0.2) is 14.8 Å². The molecule has 0 N–H and O–H groups in total. The number of carbonyl (C=O) groups excluding carboxylic acids is 2. The first kappa shape index (κ1) is 36.5. The molecule has 47 heavy (non-hydrogen) atoms. The maximum atomic E-state index is 14.4. The highest BCUT2D eigenvalue weighted by Crippen LogP contribution is 2.43. The Hall–Kier alpha value is -3.34. The van der Waals surface area contributed by atoms with Crippen molar-refractivity contribution in [2.75, 3.05) is 13.6 Å². The number of benzene rings is 1. The van der Waals surface area contributed by atoms with Gasteiger partial charge in [0.1, 0.15) is 10.8 Å². The van der Waals surface area contributed by atoms with Crippen LogP contribution in [-0.4, -0.2) is 65.3 Å². The highest BCUT2D eigenvalue weighted by Gasteiger charge is 2.41. The number of aromatic nitrogens is 2. The molecule has 0 aliphatic carbocycles. The molecule has 11 heteroatoms. The van der Waals surface area contributed by atoms with Crippen LogP contribution in [0.2, 0.25) is 23.3 Å². The SMILES string of the molecule is CN(Cc1cccnc1F)C(=O)c1ccc(CC2CCCN2C(=O)OC(C)(C)C)c(C(O[Si](C)(C)C(C)(C)C)c2ccc(Cl)nc2)c1. The van der Waals surface area contributed by atoms with Gasteiger partial charge in [0.25, 0.3) is 5.91 Å². The summed E-state index contributed by atoms with van der Waals surface area (Å²) in [5, 5.41) is 0.262. The third kappa shape index (κ3) is 9.18. The number of hydrogen-bond acceptors (Lipinski definition) is 6. The molecule has 8 nitrogen and oxygen atoms in total. The number of likely N-dealkylation sites (tertiary alicyclic amines) is 1. The zero-order valence-corrected chi connectivity index (χ0v) is 30.8. The summed E-state index contributed by atoms with van der Waals surface area (Å²) in [5.74, 6) is -0.870. The molecule has 0 saturated carbocycles. The molecule has 3 aromatic rings. The van der Waals surface area contributed by atoms with Gasteiger partial charge >= 0.3 is 6.09 Å². The Morgan fingerprint density at radius 2 is 1.81 bits per heavy atom. The molecule has 2 aromatic heterocycles. The van der Waals surface area contributed by atoms with Crippen LogP contribution >= 0.6 is 11.6 Å². The number of nitrogens with zero attached hydrogens (tertiary/aromatic N) is 4. The minimum absolute atomic E-state index is 0.0630. The van der Waals surface area contributed by atoms with E-state index in [1.165, 1.54) is 11.1 Å². The van der Waals surface area contributed by atoms with Crippen molar-refractivity contribution in [3.8, 4) is 0 Å². The van der Waals surface area contributed by atoms with Gasteiger partial charge in [-0.05, 0) is 93.6 Å². The van der Waals surface area contributed by atoms with Crippen molar-refractivity contribution in [3.05, 3.63) is 93.8 Å². The second-order valence-corrected chi connectivity index (χ2v) is 20.0. The van der Waals surface area contributed by atoms with Crippen molar-refractivity contribution < 1.29 is 23.1 Å². The number of halogens is 2. The van der Waals surface area contributed by atoms with Crippen molar-refractivity contribution in [2.45, 2.75) is 103 Å². The minimum atomic E-state index is -2.39. The summed E-state index contributed by atoms with van der Waals surface area (Å²) in [7, 11) is -0.740. The molecule has 0 bridgehead atoms. The lowest BCUT2D eigenvalue weighted by Gasteiger charge is -2.40. The van der Waals surface area contributed by atoms with Crippen LogP contribution in [0.15, 0.2) is 54.9 Å². The van der Waals surface area contributed by atoms with E-state index in [2.05, 4.69) is 43.8 Å². The van der Waals surface area contributed by atoms with Gasteiger partial charge in [0, 0.05) is 48.7 Å². The van der Waals surface area contributed by atoms with Crippen LogP contribution in [0.25, 0.3) is 0 Å². The fourth-order valence-electron chi connectivity index (χ4n) is 5.43. The zero-order chi connectivity index (χ0) is 34.7. The fourth-order valence-corrected chi connectivity index (χ4v) is 6.75. The second-order valence-electron chi connectivity index (χ2n) is 14.9. The summed E-state index contributed by atoms with van der Waals surface area (Å²) in [6, 6.07) is 12.5. The average molecular weight is 683 g/mol. The van der Waals surface area contributed by atoms with Gasteiger partial charge in [-0.15, -0.1) is 0 Å². The van der Waals surface area contributed by atoms with Crippen molar-refractivity contribution in [3.63, 3.8) is 0 Å². The Morgan fingerprint density at radius 1 is 1.09 bits per heavy atom. The van der Waals surface area contributed by atoms with Crippen LogP contribution in [0.1, 0.15) is 93.1 Å². The highest BCUT2D eigenvalue weighted by molar-refractivity contribution is 6.74. The summed E-state index contributed by atoms with van der Waals surface area (Å²) in [4.78, 5) is 38.4. The molecule has 0 spiro atoms. The molecule has 1 aliphatic rings. The third-order valence-corrected chi connectivity index (χ3v) is 13.7. The number of rotatable bonds is 9. The average Bonchev–Trinajstić information content (AvgIpc) is 3.44. The van der Waals surface area contributed by atoms with Crippen molar-refractivity contribution in [2.24, 2.45) is 0 Å². The molecular weight excluding hydrogens is 635 g/mol. The highest BCUT2D eigenvalue weighted by atomic mass is 35.5. The predicted octanol–water partition coefficient (Wildman–Crippen LogP) is 8.59. The monoisotopic (exact) mass is 682 g/mol. The molecule has 3 heterocycles. The van der Waals surface area contributed by atoms with E-state index in [1.54, 1.807) is 37.5 Å². The summed E-state index contributed by atoms with van der Waals surface area (Å²) in [6.45, 7) is 17.2. The summed E-state index contributed by atoms with van der Waals surface area (Å²) in [6.07, 6.45) is 4.48. The van der Waals surface area contributed by atoms with Crippen molar-refractivity contribution >= 4 is 31.9 Å². The van der Waals surface area contributed by atoms with E-state index in [4.69, 9.17) is 20.8 Å². The van der Waals surface area contributed by atoms with Gasteiger partial charge in [0.15, 0.2) is 8.32 Å². The standard InChI is InChI=1S/C36H48ClFN4O4Si/c1-35(2,3)45-34(44)42-19-11-13-28(42)20-24-14-15-25(33(43)41(7)23-27-12-10-18-39-32(27)38)21-29(24)31(26-16-17-30(37)40-22-26)46-47(8,9)36(4,5)6/h10,12,14-18,21-22,28,31H,11,13,19-20,23H2,1-9H3. The third-order valence-electron chi connectivity index (χ3n) is 9.00. The second kappa shape index (κ2) is 14.4. The minimum Gasteiger partial charge on any atom is -0.444 e. The van der Waals surface area contributed by atoms with Gasteiger partial charge in [-0.2, -0.15) is 4.39 Å². The Morgan fingerprint density at radius 3 is 2.43 bits per heavy atom. The molecule has 2 atom stereocenters. The van der Waals surface area contributed by atoms with E-state index in [1.807, 2.05) is 43.9 Å². The van der Waals surface area contributed by atoms with Crippen molar-refractivity contribution in [1.29, 1.82) is 0 Å². The molecule has 2 unspecified atom stereocenters. The van der Waals surface area contributed by atoms with Crippen LogP contribution in [0.3, 0.4) is 0 Å². The lowest BCUT2D eigenvalue weighted by Crippen LogP contribution is -2.42. The molecule has 4 rings (SSSR count). The largest absolute Gasteiger partial charge is 0.444 e. The van der Waals surface area contributed by atoms with Gasteiger partial charge in [-0.3, -0.25) is 4.79 Å². The lowest BCUT2D eigenvalue weighted by atomic mass is 9.91. The molecule has 2 amide bonds. The molecule has 1 aliphatic heterocycles. The van der Waals surface area contributed by atoms with E-state index in [-0.39, 0.29) is 29.6 Å². The van der Waals surface area contributed by atoms with E-state index >= 15 is 0 Å². The Balaban J connectivity index is 1.80. The van der Waals surface area contributed by atoms with E-state index in [0.717, 1.165) is 29.5 Å². The van der Waals surface area contributed by atoms with E-state index < -0.39 is 26.0 Å². The smallest absolute Gasteiger partial charge is 0.410 e. The maximum absolute atomic E-state index is 14.4. The molecule has 1 saturated heterocycles. The quantitative estimate of drug-likeness (QED) is 0.166. The van der Waals surface area contributed by atoms with Gasteiger partial charge in [0.2, 0.25) is 5.95 Å². The first-order chi connectivity index (χ1) is 21.9. The first-order valence-electron chi connectivity index (χ1n) is 16.1. The number of pyridine rings is 2. The summed E-state index contributed by atoms with van der Waals surface area (Å²) in [5.41, 5.74) is 2.76. The molecule has 0 radical (unpaired) electrons. The fraction of sp³-hybridized carbons (Fsp3) is 0.500. The van der Waals surface area contributed by atoms with Gasteiger partial charge in [-0.1, -0.05) is 50.6 Å². The summed E-state index contributed by atoms with van der Waals surface area (Å²) < 4.78 is 27.3. The summed E-state index contributed by atoms with van der Waals surface area (Å²) >= 11 is 6.21. The Kier molecular flexibility index (Phi) is 11.2. The molecule has 1 aromatic carbocycles. The normalized spacial score (nSPS) is 16.2. The first-order valence-corrected chi connectivity index (χ1v) is 19.4.